The highest BCUT2D eigenvalue weighted by Crippen LogP contribution is 2.20. The Labute approximate surface area is 119 Å². The monoisotopic (exact) mass is 269 g/mol. The molecule has 4 heteroatoms. The molecule has 0 aliphatic rings. The standard InChI is InChI=1S/C16H19N3O/c1-4-13(3)19-8-7-15(18-19)11-20-16-9-14(10-17)6-5-12(16)2/h5-9,13H,4,11H2,1-3H3. The van der Waals surface area contributed by atoms with Gasteiger partial charge >= 0.3 is 0 Å². The van der Waals surface area contributed by atoms with Crippen molar-refractivity contribution >= 4 is 0 Å². The summed E-state index contributed by atoms with van der Waals surface area (Å²) in [4.78, 5) is 0. The van der Waals surface area contributed by atoms with E-state index in [1.165, 1.54) is 0 Å². The minimum atomic E-state index is 0.396. The van der Waals surface area contributed by atoms with Gasteiger partial charge in [0.05, 0.1) is 17.3 Å². The lowest BCUT2D eigenvalue weighted by Crippen LogP contribution is -2.06. The van der Waals surface area contributed by atoms with Crippen LogP contribution in [0.4, 0.5) is 0 Å². The molecule has 0 fully saturated rings. The number of hydrogen-bond donors (Lipinski definition) is 0. The summed E-state index contributed by atoms with van der Waals surface area (Å²) in [5.74, 6) is 0.738. The van der Waals surface area contributed by atoms with Gasteiger partial charge in [-0.05, 0) is 44.0 Å². The van der Waals surface area contributed by atoms with E-state index in [4.69, 9.17) is 10.00 Å². The number of aryl methyl sites for hydroxylation is 1. The molecule has 1 aromatic carbocycles. The van der Waals surface area contributed by atoms with Crippen LogP contribution in [-0.4, -0.2) is 9.78 Å². The van der Waals surface area contributed by atoms with Crippen LogP contribution < -0.4 is 4.74 Å². The average molecular weight is 269 g/mol. The molecule has 4 nitrogen and oxygen atoms in total. The SMILES string of the molecule is CCC(C)n1ccc(COc2cc(C#N)ccc2C)n1. The molecule has 1 atom stereocenters. The molecule has 2 aromatic rings. The molecule has 104 valence electrons. The quantitative estimate of drug-likeness (QED) is 0.833. The first-order chi connectivity index (χ1) is 9.63. The minimum Gasteiger partial charge on any atom is -0.487 e. The summed E-state index contributed by atoms with van der Waals surface area (Å²) in [7, 11) is 0. The highest BCUT2D eigenvalue weighted by molar-refractivity contribution is 5.41. The van der Waals surface area contributed by atoms with Gasteiger partial charge in [0.2, 0.25) is 0 Å². The first kappa shape index (κ1) is 14.1. The van der Waals surface area contributed by atoms with Crippen LogP contribution in [0.5, 0.6) is 5.75 Å². The van der Waals surface area contributed by atoms with Gasteiger partial charge in [0.15, 0.2) is 0 Å². The number of ether oxygens (including phenoxy) is 1. The normalized spacial score (nSPS) is 11.9. The van der Waals surface area contributed by atoms with Crippen LogP contribution in [-0.2, 0) is 6.61 Å². The minimum absolute atomic E-state index is 0.396. The lowest BCUT2D eigenvalue weighted by molar-refractivity contribution is 0.296. The molecule has 1 aromatic heterocycles. The topological polar surface area (TPSA) is 50.8 Å². The summed E-state index contributed by atoms with van der Waals surface area (Å²) in [6, 6.07) is 9.93. The zero-order valence-electron chi connectivity index (χ0n) is 12.1. The van der Waals surface area contributed by atoms with Crippen LogP contribution in [0.15, 0.2) is 30.5 Å². The van der Waals surface area contributed by atoms with Gasteiger partial charge in [0.1, 0.15) is 12.4 Å². The Morgan fingerprint density at radius 1 is 1.40 bits per heavy atom. The molecule has 0 saturated heterocycles. The van der Waals surface area contributed by atoms with E-state index in [0.717, 1.165) is 23.4 Å². The number of benzene rings is 1. The van der Waals surface area contributed by atoms with Crippen molar-refractivity contribution in [2.45, 2.75) is 39.8 Å². The molecule has 0 amide bonds. The number of nitriles is 1. The highest BCUT2D eigenvalue weighted by atomic mass is 16.5. The van der Waals surface area contributed by atoms with E-state index in [1.54, 1.807) is 12.1 Å². The van der Waals surface area contributed by atoms with Crippen molar-refractivity contribution in [2.75, 3.05) is 0 Å². The zero-order chi connectivity index (χ0) is 14.5. The van der Waals surface area contributed by atoms with Crippen molar-refractivity contribution in [1.82, 2.24) is 9.78 Å². The fourth-order valence-electron chi connectivity index (χ4n) is 1.86. The second kappa shape index (κ2) is 6.25. The first-order valence-corrected chi connectivity index (χ1v) is 6.81. The van der Waals surface area contributed by atoms with E-state index in [-0.39, 0.29) is 0 Å². The van der Waals surface area contributed by atoms with Crippen molar-refractivity contribution in [3.8, 4) is 11.8 Å². The van der Waals surface area contributed by atoms with Crippen LogP contribution in [0, 0.1) is 18.3 Å². The van der Waals surface area contributed by atoms with Crippen molar-refractivity contribution in [1.29, 1.82) is 5.26 Å². The Kier molecular flexibility index (Phi) is 4.41. The van der Waals surface area contributed by atoms with Crippen molar-refractivity contribution in [3.63, 3.8) is 0 Å². The second-order valence-electron chi connectivity index (χ2n) is 4.93. The number of aromatic nitrogens is 2. The summed E-state index contributed by atoms with van der Waals surface area (Å²) in [5, 5.41) is 13.4. The molecule has 0 saturated carbocycles. The van der Waals surface area contributed by atoms with Crippen molar-refractivity contribution in [2.24, 2.45) is 0 Å². The fraction of sp³-hybridized carbons (Fsp3) is 0.375. The number of nitrogens with zero attached hydrogens (tertiary/aromatic N) is 3. The summed E-state index contributed by atoms with van der Waals surface area (Å²) in [6.45, 7) is 6.66. The molecule has 1 heterocycles. The maximum atomic E-state index is 8.91. The van der Waals surface area contributed by atoms with Gasteiger partial charge in [-0.2, -0.15) is 10.4 Å². The molecule has 0 spiro atoms. The molecule has 0 aliphatic heterocycles. The van der Waals surface area contributed by atoms with Gasteiger partial charge < -0.3 is 4.74 Å². The summed E-state index contributed by atoms with van der Waals surface area (Å²) < 4.78 is 7.72. The summed E-state index contributed by atoms with van der Waals surface area (Å²) in [5.41, 5.74) is 2.52. The van der Waals surface area contributed by atoms with E-state index >= 15 is 0 Å². The maximum Gasteiger partial charge on any atom is 0.132 e. The van der Waals surface area contributed by atoms with Crippen LogP contribution >= 0.6 is 0 Å². The Morgan fingerprint density at radius 3 is 2.90 bits per heavy atom. The third-order valence-electron chi connectivity index (χ3n) is 3.40. The lowest BCUT2D eigenvalue weighted by atomic mass is 10.1. The average Bonchev–Trinajstić information content (AvgIpc) is 2.94. The van der Waals surface area contributed by atoms with Crippen molar-refractivity contribution in [3.05, 3.63) is 47.3 Å². The van der Waals surface area contributed by atoms with E-state index in [9.17, 15) is 0 Å². The van der Waals surface area contributed by atoms with Crippen molar-refractivity contribution < 1.29 is 4.74 Å². The van der Waals surface area contributed by atoms with E-state index < -0.39 is 0 Å². The molecule has 0 N–H and O–H groups in total. The molecule has 20 heavy (non-hydrogen) atoms. The van der Waals surface area contributed by atoms with E-state index in [1.807, 2.05) is 29.9 Å². The van der Waals surface area contributed by atoms with Gasteiger partial charge in [-0.15, -0.1) is 0 Å². The summed E-state index contributed by atoms with van der Waals surface area (Å²) in [6.07, 6.45) is 3.02. The van der Waals surface area contributed by atoms with Crippen LogP contribution in [0.25, 0.3) is 0 Å². The number of hydrogen-bond acceptors (Lipinski definition) is 3. The Bertz CT molecular complexity index is 625. The lowest BCUT2D eigenvalue weighted by Gasteiger charge is -2.09. The van der Waals surface area contributed by atoms with Gasteiger partial charge in [0.25, 0.3) is 0 Å². The van der Waals surface area contributed by atoms with Crippen LogP contribution in [0.2, 0.25) is 0 Å². The highest BCUT2D eigenvalue weighted by Gasteiger charge is 2.06. The summed E-state index contributed by atoms with van der Waals surface area (Å²) >= 11 is 0. The zero-order valence-corrected chi connectivity index (χ0v) is 12.1. The predicted molar refractivity (Wildman–Crippen MR) is 77.5 cm³/mol. The molecule has 0 bridgehead atoms. The van der Waals surface area contributed by atoms with Gasteiger partial charge in [-0.1, -0.05) is 13.0 Å². The maximum absolute atomic E-state index is 8.91. The van der Waals surface area contributed by atoms with E-state index in [2.05, 4.69) is 25.0 Å². The third-order valence-corrected chi connectivity index (χ3v) is 3.40. The van der Waals surface area contributed by atoms with Gasteiger partial charge in [-0.25, -0.2) is 0 Å². The molecule has 1 unspecified atom stereocenters. The van der Waals surface area contributed by atoms with Gasteiger partial charge in [-0.3, -0.25) is 4.68 Å². The van der Waals surface area contributed by atoms with Gasteiger partial charge in [0, 0.05) is 12.2 Å². The van der Waals surface area contributed by atoms with E-state index in [0.29, 0.717) is 18.2 Å². The van der Waals surface area contributed by atoms with Crippen LogP contribution in [0.3, 0.4) is 0 Å². The largest absolute Gasteiger partial charge is 0.487 e. The molecule has 0 aliphatic carbocycles. The molecule has 0 radical (unpaired) electrons. The third kappa shape index (κ3) is 3.18. The number of rotatable bonds is 5. The first-order valence-electron chi connectivity index (χ1n) is 6.81. The molecule has 2 rings (SSSR count). The predicted octanol–water partition coefficient (Wildman–Crippen LogP) is 3.61. The fourth-order valence-corrected chi connectivity index (χ4v) is 1.86. The molecular formula is C16H19N3O. The Hall–Kier alpha value is -2.28. The Morgan fingerprint density at radius 2 is 2.20 bits per heavy atom. The second-order valence-corrected chi connectivity index (χ2v) is 4.93. The smallest absolute Gasteiger partial charge is 0.132 e. The van der Waals surface area contributed by atoms with Crippen LogP contribution in [0.1, 0.15) is 43.1 Å². The molecular weight excluding hydrogens is 250 g/mol. The Balaban J connectivity index is 2.05.